The fourth-order valence-electron chi connectivity index (χ4n) is 1.26. The molecule has 1 aliphatic carbocycles. The van der Waals surface area contributed by atoms with Gasteiger partial charge < -0.3 is 22.1 Å². The molecule has 6 N–H and O–H groups in total. The first kappa shape index (κ1) is 10.5. The molecule has 0 radical (unpaired) electrons. The van der Waals surface area contributed by atoms with Crippen LogP contribution in [0.5, 0.6) is 0 Å². The molecule has 6 nitrogen and oxygen atoms in total. The van der Waals surface area contributed by atoms with Crippen LogP contribution in [0.1, 0.15) is 12.8 Å². The van der Waals surface area contributed by atoms with Gasteiger partial charge in [-0.1, -0.05) is 0 Å². The Labute approximate surface area is 93.4 Å². The van der Waals surface area contributed by atoms with E-state index in [1.807, 2.05) is 0 Å². The van der Waals surface area contributed by atoms with Gasteiger partial charge in [0.2, 0.25) is 5.91 Å². The number of nitrogens with one attached hydrogen (secondary N) is 2. The maximum Gasteiger partial charge on any atom is 0.239 e. The standard InChI is InChI=1S/C10H15N5O/c11-7-3-4-8(15-10(7)12)13-5-9(16)14-6-1-2-6/h3-4,6H,1-2,5,11H2,(H,14,16)(H3,12,13,15). The summed E-state index contributed by atoms with van der Waals surface area (Å²) in [7, 11) is 0. The molecule has 16 heavy (non-hydrogen) atoms. The minimum Gasteiger partial charge on any atom is -0.396 e. The zero-order valence-corrected chi connectivity index (χ0v) is 8.86. The van der Waals surface area contributed by atoms with Crippen LogP contribution in [0.4, 0.5) is 17.3 Å². The van der Waals surface area contributed by atoms with E-state index in [9.17, 15) is 4.79 Å². The molecule has 0 aliphatic heterocycles. The summed E-state index contributed by atoms with van der Waals surface area (Å²) in [5.41, 5.74) is 11.5. The number of pyridine rings is 1. The van der Waals surface area contributed by atoms with Crippen molar-refractivity contribution in [2.45, 2.75) is 18.9 Å². The zero-order chi connectivity index (χ0) is 11.5. The van der Waals surface area contributed by atoms with Crippen LogP contribution in [0.15, 0.2) is 12.1 Å². The lowest BCUT2D eigenvalue weighted by molar-refractivity contribution is -0.119. The van der Waals surface area contributed by atoms with Crippen LogP contribution < -0.4 is 22.1 Å². The van der Waals surface area contributed by atoms with Crippen molar-refractivity contribution in [1.29, 1.82) is 0 Å². The molecule has 86 valence electrons. The van der Waals surface area contributed by atoms with Crippen molar-refractivity contribution in [2.24, 2.45) is 0 Å². The highest BCUT2D eigenvalue weighted by Crippen LogP contribution is 2.18. The maximum absolute atomic E-state index is 11.4. The van der Waals surface area contributed by atoms with Crippen LogP contribution in [-0.4, -0.2) is 23.5 Å². The van der Waals surface area contributed by atoms with Gasteiger partial charge in [0.25, 0.3) is 0 Å². The topological polar surface area (TPSA) is 106 Å². The van der Waals surface area contributed by atoms with Crippen molar-refractivity contribution in [1.82, 2.24) is 10.3 Å². The maximum atomic E-state index is 11.4. The molecule has 1 aliphatic rings. The second kappa shape index (κ2) is 4.26. The minimum absolute atomic E-state index is 0.0281. The number of nitrogen functional groups attached to an aromatic ring is 2. The number of carbonyl (C=O) groups excluding carboxylic acids is 1. The van der Waals surface area contributed by atoms with E-state index in [0.717, 1.165) is 12.8 Å². The molecule has 1 aromatic rings. The van der Waals surface area contributed by atoms with Gasteiger partial charge in [-0.15, -0.1) is 0 Å². The van der Waals surface area contributed by atoms with Gasteiger partial charge in [0, 0.05) is 6.04 Å². The van der Waals surface area contributed by atoms with E-state index in [4.69, 9.17) is 11.5 Å². The summed E-state index contributed by atoms with van der Waals surface area (Å²) in [5.74, 6) is 0.796. The molecule has 1 saturated carbocycles. The van der Waals surface area contributed by atoms with E-state index >= 15 is 0 Å². The summed E-state index contributed by atoms with van der Waals surface area (Å²) in [6.07, 6.45) is 2.16. The van der Waals surface area contributed by atoms with E-state index in [1.54, 1.807) is 12.1 Å². The summed E-state index contributed by atoms with van der Waals surface area (Å²) >= 11 is 0. The number of hydrogen-bond donors (Lipinski definition) is 4. The minimum atomic E-state index is -0.0281. The Bertz CT molecular complexity index is 402. The molecule has 0 bridgehead atoms. The predicted octanol–water partition coefficient (Wildman–Crippen LogP) is -0.0635. The molecule has 0 spiro atoms. The molecule has 1 amide bonds. The van der Waals surface area contributed by atoms with Crippen molar-refractivity contribution >= 4 is 23.2 Å². The normalized spacial score (nSPS) is 14.5. The molecule has 0 unspecified atom stereocenters. The van der Waals surface area contributed by atoms with E-state index in [-0.39, 0.29) is 18.3 Å². The average molecular weight is 221 g/mol. The van der Waals surface area contributed by atoms with Gasteiger partial charge in [-0.25, -0.2) is 4.98 Å². The quantitative estimate of drug-likeness (QED) is 0.569. The third-order valence-corrected chi connectivity index (χ3v) is 2.33. The highest BCUT2D eigenvalue weighted by atomic mass is 16.2. The molecule has 0 saturated heterocycles. The molecular weight excluding hydrogens is 206 g/mol. The van der Waals surface area contributed by atoms with E-state index < -0.39 is 0 Å². The second-order valence-electron chi connectivity index (χ2n) is 3.87. The Balaban J connectivity index is 1.83. The monoisotopic (exact) mass is 221 g/mol. The predicted molar refractivity (Wildman–Crippen MR) is 62.7 cm³/mol. The van der Waals surface area contributed by atoms with Gasteiger partial charge in [-0.3, -0.25) is 4.79 Å². The highest BCUT2D eigenvalue weighted by Gasteiger charge is 2.22. The van der Waals surface area contributed by atoms with Crippen LogP contribution in [0.25, 0.3) is 0 Å². The summed E-state index contributed by atoms with van der Waals surface area (Å²) in [5, 5.41) is 5.75. The van der Waals surface area contributed by atoms with Crippen LogP contribution in [0.2, 0.25) is 0 Å². The first-order chi connectivity index (χ1) is 7.65. The van der Waals surface area contributed by atoms with Crippen molar-refractivity contribution in [2.75, 3.05) is 23.3 Å². The Morgan fingerprint density at radius 3 is 2.81 bits per heavy atom. The fraction of sp³-hybridized carbons (Fsp3) is 0.400. The number of anilines is 3. The van der Waals surface area contributed by atoms with Crippen LogP contribution >= 0.6 is 0 Å². The average Bonchev–Trinajstić information content (AvgIpc) is 3.04. The number of nitrogens with two attached hydrogens (primary N) is 2. The summed E-state index contributed by atoms with van der Waals surface area (Å²) in [4.78, 5) is 15.4. The van der Waals surface area contributed by atoms with Crippen molar-refractivity contribution < 1.29 is 4.79 Å². The number of nitrogens with zero attached hydrogens (tertiary/aromatic N) is 1. The van der Waals surface area contributed by atoms with Crippen LogP contribution in [0, 0.1) is 0 Å². The number of hydrogen-bond acceptors (Lipinski definition) is 5. The molecule has 0 aromatic carbocycles. The van der Waals surface area contributed by atoms with E-state index in [1.165, 1.54) is 0 Å². The molecule has 0 atom stereocenters. The lowest BCUT2D eigenvalue weighted by Crippen LogP contribution is -2.31. The smallest absolute Gasteiger partial charge is 0.239 e. The van der Waals surface area contributed by atoms with Crippen LogP contribution in [-0.2, 0) is 4.79 Å². The Morgan fingerprint density at radius 1 is 1.44 bits per heavy atom. The molecule has 6 heteroatoms. The number of amides is 1. The first-order valence-corrected chi connectivity index (χ1v) is 5.20. The highest BCUT2D eigenvalue weighted by molar-refractivity contribution is 5.81. The molecule has 2 rings (SSSR count). The molecule has 1 heterocycles. The van der Waals surface area contributed by atoms with Gasteiger partial charge >= 0.3 is 0 Å². The SMILES string of the molecule is Nc1ccc(NCC(=O)NC2CC2)nc1N. The van der Waals surface area contributed by atoms with Crippen molar-refractivity contribution in [3.8, 4) is 0 Å². The number of carbonyl (C=O) groups is 1. The first-order valence-electron chi connectivity index (χ1n) is 5.20. The van der Waals surface area contributed by atoms with Gasteiger partial charge in [-0.05, 0) is 25.0 Å². The van der Waals surface area contributed by atoms with Crippen LogP contribution in [0.3, 0.4) is 0 Å². The van der Waals surface area contributed by atoms with Crippen molar-refractivity contribution in [3.63, 3.8) is 0 Å². The van der Waals surface area contributed by atoms with E-state index in [2.05, 4.69) is 15.6 Å². The zero-order valence-electron chi connectivity index (χ0n) is 8.86. The number of rotatable bonds is 4. The lowest BCUT2D eigenvalue weighted by atomic mass is 10.4. The molecular formula is C10H15N5O. The Kier molecular flexibility index (Phi) is 2.80. The van der Waals surface area contributed by atoms with Gasteiger partial charge in [0.05, 0.1) is 12.2 Å². The van der Waals surface area contributed by atoms with Crippen molar-refractivity contribution in [3.05, 3.63) is 12.1 Å². The molecule has 1 aromatic heterocycles. The summed E-state index contributed by atoms with van der Waals surface area (Å²) in [6.45, 7) is 0.201. The summed E-state index contributed by atoms with van der Waals surface area (Å²) < 4.78 is 0. The Hall–Kier alpha value is -1.98. The third kappa shape index (κ3) is 2.75. The fourth-order valence-corrected chi connectivity index (χ4v) is 1.26. The Morgan fingerprint density at radius 2 is 2.19 bits per heavy atom. The summed E-state index contributed by atoms with van der Waals surface area (Å²) in [6, 6.07) is 3.72. The third-order valence-electron chi connectivity index (χ3n) is 2.33. The lowest BCUT2D eigenvalue weighted by Gasteiger charge is -2.07. The second-order valence-corrected chi connectivity index (χ2v) is 3.87. The largest absolute Gasteiger partial charge is 0.396 e. The molecule has 1 fully saturated rings. The van der Waals surface area contributed by atoms with Gasteiger partial charge in [-0.2, -0.15) is 0 Å². The number of aromatic nitrogens is 1. The van der Waals surface area contributed by atoms with Gasteiger partial charge in [0.1, 0.15) is 11.6 Å². The van der Waals surface area contributed by atoms with E-state index in [0.29, 0.717) is 17.5 Å². The van der Waals surface area contributed by atoms with Gasteiger partial charge in [0.15, 0.2) is 0 Å².